The Hall–Kier alpha value is -3.22. The molecule has 2 N–H and O–H groups in total. The first-order valence-electron chi connectivity index (χ1n) is 9.29. The topological polar surface area (TPSA) is 82.1 Å². The molecule has 0 spiro atoms. The first-order valence-corrected chi connectivity index (χ1v) is 10.0. The van der Waals surface area contributed by atoms with Gasteiger partial charge in [-0.3, -0.25) is 10.2 Å². The van der Waals surface area contributed by atoms with Gasteiger partial charge in [-0.25, -0.2) is 0 Å². The molecule has 30 heavy (non-hydrogen) atoms. The Morgan fingerprint density at radius 3 is 1.37 bits per heavy atom. The molecule has 2 heterocycles. The molecule has 0 aliphatic heterocycles. The Morgan fingerprint density at radius 2 is 1.03 bits per heavy atom. The summed E-state index contributed by atoms with van der Waals surface area (Å²) in [4.78, 5) is 0. The number of halogens is 2. The van der Waals surface area contributed by atoms with Crippen molar-refractivity contribution in [2.45, 2.75) is 12.8 Å². The molecule has 4 rings (SSSR count). The summed E-state index contributed by atoms with van der Waals surface area (Å²) in [6.45, 7) is 0. The third-order valence-corrected chi connectivity index (χ3v) is 4.98. The van der Waals surface area contributed by atoms with Crippen molar-refractivity contribution in [2.75, 3.05) is 0 Å². The zero-order chi connectivity index (χ0) is 20.8. The van der Waals surface area contributed by atoms with E-state index in [1.54, 1.807) is 12.4 Å². The number of rotatable bonds is 7. The zero-order valence-electron chi connectivity index (χ0n) is 15.9. The lowest BCUT2D eigenvalue weighted by Crippen LogP contribution is -2.09. The normalized spacial score (nSPS) is 12.3. The lowest BCUT2D eigenvalue weighted by Gasteiger charge is -2.07. The number of nitrogens with zero attached hydrogens (tertiary/aromatic N) is 4. The maximum atomic E-state index is 6.06. The van der Waals surface area contributed by atoms with Crippen molar-refractivity contribution in [3.8, 4) is 0 Å². The maximum absolute atomic E-state index is 6.06. The van der Waals surface area contributed by atoms with E-state index in [2.05, 4.69) is 30.6 Å². The van der Waals surface area contributed by atoms with Crippen molar-refractivity contribution in [3.63, 3.8) is 0 Å². The Morgan fingerprint density at radius 1 is 0.633 bits per heavy atom. The summed E-state index contributed by atoms with van der Waals surface area (Å²) in [6, 6.07) is 18.9. The minimum absolute atomic E-state index is 0.559. The average Bonchev–Trinajstić information content (AvgIpc) is 3.46. The highest BCUT2D eigenvalue weighted by Gasteiger charge is 2.10. The standard InChI is InChI=1S/C22H18Cl2N6/c23-17-5-1-15(2-6-17)21(13-19-9-11-25-27-19)29-30-22(14-20-10-12-26-28-20)16-3-7-18(24)8-4-16/h1-12H,13-14H2,(H,25,27)(H,26,28)/b29-21-,30-22-. The molecule has 4 aromatic rings. The molecule has 0 bridgehead atoms. The quantitative estimate of drug-likeness (QED) is 0.311. The Labute approximate surface area is 183 Å². The average molecular weight is 437 g/mol. The van der Waals surface area contributed by atoms with Gasteiger partial charge in [0.2, 0.25) is 0 Å². The Balaban J connectivity index is 1.73. The van der Waals surface area contributed by atoms with Crippen molar-refractivity contribution >= 4 is 34.6 Å². The van der Waals surface area contributed by atoms with Crippen LogP contribution in [-0.2, 0) is 12.8 Å². The van der Waals surface area contributed by atoms with E-state index >= 15 is 0 Å². The van der Waals surface area contributed by atoms with E-state index in [9.17, 15) is 0 Å². The van der Waals surface area contributed by atoms with Crippen LogP contribution in [0.3, 0.4) is 0 Å². The van der Waals surface area contributed by atoms with E-state index < -0.39 is 0 Å². The van der Waals surface area contributed by atoms with Crippen LogP contribution in [0.4, 0.5) is 0 Å². The van der Waals surface area contributed by atoms with Crippen molar-refractivity contribution in [3.05, 3.63) is 106 Å². The van der Waals surface area contributed by atoms with E-state index in [0.29, 0.717) is 22.9 Å². The molecule has 0 saturated heterocycles. The summed E-state index contributed by atoms with van der Waals surface area (Å²) in [7, 11) is 0. The highest BCUT2D eigenvalue weighted by molar-refractivity contribution is 6.31. The van der Waals surface area contributed by atoms with Gasteiger partial charge in [-0.1, -0.05) is 47.5 Å². The molecular formula is C22H18Cl2N6. The molecule has 8 heteroatoms. The van der Waals surface area contributed by atoms with Gasteiger partial charge >= 0.3 is 0 Å². The molecule has 0 aliphatic rings. The van der Waals surface area contributed by atoms with Gasteiger partial charge < -0.3 is 0 Å². The number of hydrogen-bond donors (Lipinski definition) is 2. The van der Waals surface area contributed by atoms with Gasteiger partial charge in [0, 0.05) is 46.7 Å². The lowest BCUT2D eigenvalue weighted by molar-refractivity contribution is 1.01. The van der Waals surface area contributed by atoms with E-state index in [1.807, 2.05) is 60.7 Å². The number of H-pyrrole nitrogens is 2. The monoisotopic (exact) mass is 436 g/mol. The summed E-state index contributed by atoms with van der Waals surface area (Å²) in [6.07, 6.45) is 4.55. The fourth-order valence-corrected chi connectivity index (χ4v) is 3.17. The number of nitrogens with one attached hydrogen (secondary N) is 2. The SMILES string of the molecule is Clc1ccc(/C(Cc2ccn[nH]2)=N\N=C(\Cc2ccn[nH]2)c2ccc(Cl)cc2)cc1. The summed E-state index contributed by atoms with van der Waals surface area (Å²) in [5.41, 5.74) is 5.37. The molecule has 0 fully saturated rings. The van der Waals surface area contributed by atoms with Crippen LogP contribution in [0.25, 0.3) is 0 Å². The molecule has 6 nitrogen and oxygen atoms in total. The third kappa shape index (κ3) is 5.23. The molecular weight excluding hydrogens is 419 g/mol. The molecule has 150 valence electrons. The summed E-state index contributed by atoms with van der Waals surface area (Å²) < 4.78 is 0. The second-order valence-electron chi connectivity index (χ2n) is 6.62. The van der Waals surface area contributed by atoms with Gasteiger partial charge in [0.05, 0.1) is 11.4 Å². The fraction of sp³-hybridized carbons (Fsp3) is 0.0909. The van der Waals surface area contributed by atoms with Crippen LogP contribution in [0.5, 0.6) is 0 Å². The smallest absolute Gasteiger partial charge is 0.0762 e. The highest BCUT2D eigenvalue weighted by atomic mass is 35.5. The molecule has 2 aromatic carbocycles. The van der Waals surface area contributed by atoms with E-state index in [0.717, 1.165) is 33.9 Å². The van der Waals surface area contributed by atoms with Gasteiger partial charge in [-0.05, 0) is 47.5 Å². The van der Waals surface area contributed by atoms with Gasteiger partial charge in [0.25, 0.3) is 0 Å². The maximum Gasteiger partial charge on any atom is 0.0762 e. The zero-order valence-corrected chi connectivity index (χ0v) is 17.4. The van der Waals surface area contributed by atoms with E-state index in [-0.39, 0.29) is 0 Å². The van der Waals surface area contributed by atoms with E-state index in [1.165, 1.54) is 0 Å². The minimum Gasteiger partial charge on any atom is -0.282 e. The van der Waals surface area contributed by atoms with Crippen LogP contribution in [0.15, 0.2) is 83.3 Å². The predicted molar refractivity (Wildman–Crippen MR) is 121 cm³/mol. The number of benzene rings is 2. The molecule has 0 aliphatic carbocycles. The number of aromatic amines is 2. The first kappa shape index (κ1) is 20.1. The second-order valence-corrected chi connectivity index (χ2v) is 7.50. The van der Waals surface area contributed by atoms with Crippen LogP contribution in [0.1, 0.15) is 22.5 Å². The first-order chi connectivity index (χ1) is 14.7. The Kier molecular flexibility index (Phi) is 6.37. The van der Waals surface area contributed by atoms with Crippen LogP contribution >= 0.6 is 23.2 Å². The van der Waals surface area contributed by atoms with Crippen molar-refractivity contribution in [2.24, 2.45) is 10.2 Å². The summed E-state index contributed by atoms with van der Waals surface area (Å²) in [5.74, 6) is 0. The van der Waals surface area contributed by atoms with Crippen LogP contribution in [0.2, 0.25) is 10.0 Å². The van der Waals surface area contributed by atoms with Crippen molar-refractivity contribution < 1.29 is 0 Å². The van der Waals surface area contributed by atoms with Gasteiger partial charge in [0.1, 0.15) is 0 Å². The van der Waals surface area contributed by atoms with Crippen LogP contribution in [0, 0.1) is 0 Å². The second kappa shape index (κ2) is 9.52. The summed E-state index contributed by atoms with van der Waals surface area (Å²) >= 11 is 12.1. The lowest BCUT2D eigenvalue weighted by atomic mass is 10.1. The van der Waals surface area contributed by atoms with Crippen LogP contribution < -0.4 is 0 Å². The molecule has 0 atom stereocenters. The third-order valence-electron chi connectivity index (χ3n) is 4.48. The number of aromatic nitrogens is 4. The van der Waals surface area contributed by atoms with Crippen molar-refractivity contribution in [1.29, 1.82) is 0 Å². The van der Waals surface area contributed by atoms with Crippen molar-refractivity contribution in [1.82, 2.24) is 20.4 Å². The molecule has 2 aromatic heterocycles. The fourth-order valence-electron chi connectivity index (χ4n) is 2.92. The number of hydrogen-bond acceptors (Lipinski definition) is 4. The molecule has 0 saturated carbocycles. The van der Waals surface area contributed by atoms with Crippen LogP contribution in [-0.4, -0.2) is 31.8 Å². The largest absolute Gasteiger partial charge is 0.282 e. The molecule has 0 radical (unpaired) electrons. The molecule has 0 unspecified atom stereocenters. The predicted octanol–water partition coefficient (Wildman–Crippen LogP) is 5.12. The van der Waals surface area contributed by atoms with E-state index in [4.69, 9.17) is 23.2 Å². The minimum atomic E-state index is 0.559. The Bertz CT molecular complexity index is 1040. The molecule has 0 amide bonds. The summed E-state index contributed by atoms with van der Waals surface area (Å²) in [5, 5.41) is 24.6. The van der Waals surface area contributed by atoms with Gasteiger partial charge in [-0.15, -0.1) is 0 Å². The van der Waals surface area contributed by atoms with Gasteiger partial charge in [-0.2, -0.15) is 20.4 Å². The highest BCUT2D eigenvalue weighted by Crippen LogP contribution is 2.15. The van der Waals surface area contributed by atoms with Gasteiger partial charge in [0.15, 0.2) is 0 Å².